The number of aliphatic hydroxyl groups is 1. The van der Waals surface area contributed by atoms with Gasteiger partial charge in [0.1, 0.15) is 30.3 Å². The minimum Gasteiger partial charge on any atom is -0.489 e. The number of rotatable bonds is 5. The molecule has 7 nitrogen and oxygen atoms in total. The predicted octanol–water partition coefficient (Wildman–Crippen LogP) is 3.06. The number of amides is 1. The van der Waals surface area contributed by atoms with Gasteiger partial charge in [-0.25, -0.2) is 4.98 Å². The van der Waals surface area contributed by atoms with Crippen molar-refractivity contribution in [3.63, 3.8) is 0 Å². The first-order valence-electron chi connectivity index (χ1n) is 9.38. The molecule has 1 N–H and O–H groups in total. The van der Waals surface area contributed by atoms with E-state index < -0.39 is 11.2 Å². The van der Waals surface area contributed by atoms with E-state index in [1.165, 1.54) is 0 Å². The van der Waals surface area contributed by atoms with Crippen molar-refractivity contribution in [2.24, 2.45) is 0 Å². The fourth-order valence-corrected chi connectivity index (χ4v) is 4.69. The number of thiazole rings is 1. The van der Waals surface area contributed by atoms with E-state index >= 15 is 0 Å². The predicted molar refractivity (Wildman–Crippen MR) is 108 cm³/mol. The standard InChI is InChI=1S/C20H23ClN2O5S/c1-19(2,25)11-26-15-4-3-13(9-14(15)21)17(24)23-7-5-20(18-22-6-8-29-18)16(10-23)27-12-28-20/h3-4,6,8-9,16,25H,5,7,10-12H2,1-2H3. The van der Waals surface area contributed by atoms with E-state index in [9.17, 15) is 9.90 Å². The normalized spacial score (nSPS) is 24.4. The van der Waals surface area contributed by atoms with Gasteiger partial charge in [-0.05, 0) is 32.0 Å². The van der Waals surface area contributed by atoms with Gasteiger partial charge in [-0.3, -0.25) is 4.79 Å². The summed E-state index contributed by atoms with van der Waals surface area (Å²) in [6.45, 7) is 4.56. The highest BCUT2D eigenvalue weighted by Crippen LogP contribution is 2.43. The second-order valence-electron chi connectivity index (χ2n) is 7.89. The average molecular weight is 439 g/mol. The molecule has 2 unspecified atom stereocenters. The van der Waals surface area contributed by atoms with E-state index in [0.717, 1.165) is 5.01 Å². The van der Waals surface area contributed by atoms with Gasteiger partial charge < -0.3 is 24.2 Å². The topological polar surface area (TPSA) is 81.1 Å². The molecule has 1 aromatic heterocycles. The van der Waals surface area contributed by atoms with Gasteiger partial charge in [0.15, 0.2) is 5.60 Å². The lowest BCUT2D eigenvalue weighted by molar-refractivity contribution is -0.0440. The fourth-order valence-electron chi connectivity index (χ4n) is 3.59. The number of carbonyl (C=O) groups is 1. The molecule has 9 heteroatoms. The second-order valence-corrected chi connectivity index (χ2v) is 9.19. The smallest absolute Gasteiger partial charge is 0.254 e. The lowest BCUT2D eigenvalue weighted by Gasteiger charge is -2.40. The summed E-state index contributed by atoms with van der Waals surface area (Å²) in [6.07, 6.45) is 2.13. The van der Waals surface area contributed by atoms with Crippen molar-refractivity contribution >= 4 is 28.8 Å². The maximum Gasteiger partial charge on any atom is 0.254 e. The Balaban J connectivity index is 1.46. The van der Waals surface area contributed by atoms with Gasteiger partial charge in [0, 0.05) is 30.1 Å². The number of aromatic nitrogens is 1. The van der Waals surface area contributed by atoms with Crippen LogP contribution in [0.15, 0.2) is 29.8 Å². The molecular formula is C20H23ClN2O5S. The molecule has 4 rings (SSSR count). The van der Waals surface area contributed by atoms with Gasteiger partial charge in [0.25, 0.3) is 5.91 Å². The van der Waals surface area contributed by atoms with E-state index in [1.54, 1.807) is 54.5 Å². The minimum atomic E-state index is -0.973. The van der Waals surface area contributed by atoms with E-state index in [4.69, 9.17) is 25.8 Å². The quantitative estimate of drug-likeness (QED) is 0.772. The van der Waals surface area contributed by atoms with Crippen molar-refractivity contribution in [2.75, 3.05) is 26.5 Å². The first-order chi connectivity index (χ1) is 13.8. The van der Waals surface area contributed by atoms with Crippen LogP contribution < -0.4 is 4.74 Å². The average Bonchev–Trinajstić information content (AvgIpc) is 3.35. The Kier molecular flexibility index (Phi) is 5.56. The van der Waals surface area contributed by atoms with Crippen molar-refractivity contribution in [3.05, 3.63) is 45.4 Å². The van der Waals surface area contributed by atoms with E-state index in [2.05, 4.69) is 4.98 Å². The molecule has 2 atom stereocenters. The number of nitrogens with zero attached hydrogens (tertiary/aromatic N) is 2. The zero-order valence-corrected chi connectivity index (χ0v) is 17.8. The Morgan fingerprint density at radius 3 is 3.03 bits per heavy atom. The molecule has 0 bridgehead atoms. The Morgan fingerprint density at radius 1 is 1.52 bits per heavy atom. The maximum atomic E-state index is 13.0. The van der Waals surface area contributed by atoms with Gasteiger partial charge in [-0.2, -0.15) is 0 Å². The highest BCUT2D eigenvalue weighted by Gasteiger charge is 2.52. The zero-order chi connectivity index (χ0) is 20.6. The summed E-state index contributed by atoms with van der Waals surface area (Å²) in [5.41, 5.74) is -1.07. The zero-order valence-electron chi connectivity index (χ0n) is 16.3. The largest absolute Gasteiger partial charge is 0.489 e. The summed E-state index contributed by atoms with van der Waals surface area (Å²) < 4.78 is 17.3. The van der Waals surface area contributed by atoms with Crippen LogP contribution in [0.1, 0.15) is 35.6 Å². The van der Waals surface area contributed by atoms with Crippen LogP contribution >= 0.6 is 22.9 Å². The van der Waals surface area contributed by atoms with Crippen molar-refractivity contribution in [1.82, 2.24) is 9.88 Å². The Bertz CT molecular complexity index is 885. The first kappa shape index (κ1) is 20.6. The summed E-state index contributed by atoms with van der Waals surface area (Å²) in [6, 6.07) is 4.93. The molecule has 0 saturated carbocycles. The molecule has 0 radical (unpaired) electrons. The molecule has 2 aromatic rings. The molecule has 156 valence electrons. The number of halogens is 1. The molecule has 2 fully saturated rings. The Morgan fingerprint density at radius 2 is 2.34 bits per heavy atom. The van der Waals surface area contributed by atoms with E-state index in [1.807, 2.05) is 5.38 Å². The summed E-state index contributed by atoms with van der Waals surface area (Å²) in [5, 5.41) is 12.9. The lowest BCUT2D eigenvalue weighted by Crippen LogP contribution is -2.53. The van der Waals surface area contributed by atoms with Crippen LogP contribution in [-0.2, 0) is 15.1 Å². The summed E-state index contributed by atoms with van der Waals surface area (Å²) in [7, 11) is 0. The maximum absolute atomic E-state index is 13.0. The van der Waals surface area contributed by atoms with Crippen molar-refractivity contribution < 1.29 is 24.1 Å². The third-order valence-corrected chi connectivity index (χ3v) is 6.31. The highest BCUT2D eigenvalue weighted by molar-refractivity contribution is 7.09. The van der Waals surface area contributed by atoms with Crippen LogP contribution in [0, 0.1) is 0 Å². The Labute approximate surface area is 178 Å². The SMILES string of the molecule is CC(C)(O)COc1ccc(C(=O)N2CCC3(c4nccs4)OCOC3C2)cc1Cl. The van der Waals surface area contributed by atoms with Crippen LogP contribution in [0.4, 0.5) is 0 Å². The van der Waals surface area contributed by atoms with Crippen molar-refractivity contribution in [1.29, 1.82) is 0 Å². The highest BCUT2D eigenvalue weighted by atomic mass is 35.5. The molecule has 2 aliphatic rings. The lowest BCUT2D eigenvalue weighted by atomic mass is 9.89. The molecule has 0 aliphatic carbocycles. The number of fused-ring (bicyclic) bond motifs is 1. The number of hydrogen-bond donors (Lipinski definition) is 1. The minimum absolute atomic E-state index is 0.101. The molecule has 3 heterocycles. The number of benzene rings is 1. The molecular weight excluding hydrogens is 416 g/mol. The van der Waals surface area contributed by atoms with Gasteiger partial charge in [-0.15, -0.1) is 11.3 Å². The number of carbonyl (C=O) groups excluding carboxylic acids is 1. The van der Waals surface area contributed by atoms with Crippen molar-refractivity contribution in [3.8, 4) is 5.75 Å². The van der Waals surface area contributed by atoms with E-state index in [0.29, 0.717) is 35.8 Å². The molecule has 2 saturated heterocycles. The number of hydrogen-bond acceptors (Lipinski definition) is 7. The van der Waals surface area contributed by atoms with Gasteiger partial charge in [0.05, 0.1) is 17.2 Å². The van der Waals surface area contributed by atoms with Gasteiger partial charge in [0.2, 0.25) is 0 Å². The molecule has 29 heavy (non-hydrogen) atoms. The third kappa shape index (κ3) is 4.13. The van der Waals surface area contributed by atoms with Crippen LogP contribution in [0.2, 0.25) is 5.02 Å². The molecule has 1 amide bonds. The van der Waals surface area contributed by atoms with Gasteiger partial charge in [-0.1, -0.05) is 11.6 Å². The summed E-state index contributed by atoms with van der Waals surface area (Å²) >= 11 is 7.83. The van der Waals surface area contributed by atoms with Crippen LogP contribution in [-0.4, -0.2) is 59.1 Å². The fraction of sp³-hybridized carbons (Fsp3) is 0.500. The number of ether oxygens (including phenoxy) is 3. The molecule has 0 spiro atoms. The second kappa shape index (κ2) is 7.85. The monoisotopic (exact) mass is 438 g/mol. The first-order valence-corrected chi connectivity index (χ1v) is 10.6. The van der Waals surface area contributed by atoms with Gasteiger partial charge >= 0.3 is 0 Å². The molecule has 2 aliphatic heterocycles. The molecule has 1 aromatic carbocycles. The number of likely N-dealkylation sites (tertiary alicyclic amines) is 1. The number of piperidine rings is 1. The Hall–Kier alpha value is -1.71. The summed E-state index contributed by atoms with van der Waals surface area (Å²) in [5.74, 6) is 0.309. The van der Waals surface area contributed by atoms with Crippen LogP contribution in [0.5, 0.6) is 5.75 Å². The third-order valence-electron chi connectivity index (χ3n) is 5.09. The van der Waals surface area contributed by atoms with Crippen LogP contribution in [0.25, 0.3) is 0 Å². The van der Waals surface area contributed by atoms with E-state index in [-0.39, 0.29) is 25.4 Å². The van der Waals surface area contributed by atoms with Crippen LogP contribution in [0.3, 0.4) is 0 Å². The summed E-state index contributed by atoms with van der Waals surface area (Å²) in [4.78, 5) is 19.2. The van der Waals surface area contributed by atoms with Crippen molar-refractivity contribution in [2.45, 2.75) is 37.6 Å².